The Morgan fingerprint density at radius 3 is 2.86 bits per heavy atom. The number of hydrogen-bond donors (Lipinski definition) is 1. The molecule has 0 aliphatic rings. The fourth-order valence-corrected chi connectivity index (χ4v) is 2.04. The highest BCUT2D eigenvalue weighted by Gasteiger charge is 2.16. The van der Waals surface area contributed by atoms with Gasteiger partial charge in [-0.15, -0.1) is 0 Å². The molecular formula is C15H17F2N3O2. The normalized spacial score (nSPS) is 10.7. The molecule has 0 aliphatic heterocycles. The number of ether oxygens (including phenoxy) is 1. The van der Waals surface area contributed by atoms with Crippen LogP contribution in [0, 0.1) is 18.6 Å². The molecule has 0 bridgehead atoms. The zero-order chi connectivity index (χ0) is 16.1. The van der Waals surface area contributed by atoms with E-state index in [0.29, 0.717) is 30.8 Å². The molecule has 5 nitrogen and oxygen atoms in total. The molecule has 0 radical (unpaired) electrons. The number of nitrogens with one attached hydrogen (secondary N) is 1. The van der Waals surface area contributed by atoms with Crippen LogP contribution in [0.4, 0.5) is 8.78 Å². The second kappa shape index (κ2) is 7.13. The summed E-state index contributed by atoms with van der Waals surface area (Å²) in [4.78, 5) is 12.1. The first kappa shape index (κ1) is 16.1. The standard InChI is InChI=1S/C15H17F2N3O2/c1-10-12(15(21)18-6-3-7-22-2)9-19-20(10)14-5-4-11(16)8-13(14)17/h4-5,8-9H,3,6-7H2,1-2H3,(H,18,21). The predicted molar refractivity (Wildman–Crippen MR) is 77.0 cm³/mol. The first-order chi connectivity index (χ1) is 10.5. The Balaban J connectivity index is 2.17. The monoisotopic (exact) mass is 309 g/mol. The van der Waals surface area contributed by atoms with Crippen LogP contribution in [0.5, 0.6) is 0 Å². The lowest BCUT2D eigenvalue weighted by atomic mass is 10.2. The molecule has 22 heavy (non-hydrogen) atoms. The van der Waals surface area contributed by atoms with Crippen molar-refractivity contribution >= 4 is 5.91 Å². The summed E-state index contributed by atoms with van der Waals surface area (Å²) in [5.74, 6) is -1.69. The van der Waals surface area contributed by atoms with Crippen LogP contribution < -0.4 is 5.32 Å². The van der Waals surface area contributed by atoms with E-state index >= 15 is 0 Å². The molecule has 1 aromatic carbocycles. The second-order valence-electron chi connectivity index (χ2n) is 4.75. The van der Waals surface area contributed by atoms with Gasteiger partial charge in [-0.3, -0.25) is 4.79 Å². The van der Waals surface area contributed by atoms with Crippen LogP contribution in [0.1, 0.15) is 22.5 Å². The highest BCUT2D eigenvalue weighted by Crippen LogP contribution is 2.18. The van der Waals surface area contributed by atoms with Crippen molar-refractivity contribution in [2.24, 2.45) is 0 Å². The van der Waals surface area contributed by atoms with Crippen molar-refractivity contribution in [3.05, 3.63) is 47.3 Å². The molecule has 0 saturated carbocycles. The zero-order valence-electron chi connectivity index (χ0n) is 12.4. The summed E-state index contributed by atoms with van der Waals surface area (Å²) in [5.41, 5.74) is 0.924. The summed E-state index contributed by atoms with van der Waals surface area (Å²) in [6, 6.07) is 3.20. The van der Waals surface area contributed by atoms with Gasteiger partial charge in [0.1, 0.15) is 11.5 Å². The van der Waals surface area contributed by atoms with E-state index < -0.39 is 11.6 Å². The van der Waals surface area contributed by atoms with Crippen LogP contribution in [0.3, 0.4) is 0 Å². The number of benzene rings is 1. The minimum absolute atomic E-state index is 0.0948. The molecule has 2 rings (SSSR count). The number of amides is 1. The van der Waals surface area contributed by atoms with Crippen LogP contribution >= 0.6 is 0 Å². The average molecular weight is 309 g/mol. The van der Waals surface area contributed by atoms with Gasteiger partial charge < -0.3 is 10.1 Å². The van der Waals surface area contributed by atoms with Crippen molar-refractivity contribution in [3.8, 4) is 5.69 Å². The third-order valence-electron chi connectivity index (χ3n) is 3.20. The lowest BCUT2D eigenvalue weighted by molar-refractivity contribution is 0.0948. The van der Waals surface area contributed by atoms with Crippen LogP contribution in [0.2, 0.25) is 0 Å². The first-order valence-electron chi connectivity index (χ1n) is 6.81. The highest BCUT2D eigenvalue weighted by molar-refractivity contribution is 5.95. The molecule has 0 aliphatic carbocycles. The lowest BCUT2D eigenvalue weighted by Crippen LogP contribution is -2.25. The molecule has 1 heterocycles. The minimum Gasteiger partial charge on any atom is -0.385 e. The van der Waals surface area contributed by atoms with Crippen LogP contribution in [-0.4, -0.2) is 35.9 Å². The molecular weight excluding hydrogens is 292 g/mol. The smallest absolute Gasteiger partial charge is 0.254 e. The van der Waals surface area contributed by atoms with E-state index in [1.54, 1.807) is 14.0 Å². The predicted octanol–water partition coefficient (Wildman–Crippen LogP) is 2.23. The maximum absolute atomic E-state index is 13.8. The topological polar surface area (TPSA) is 56.1 Å². The Hall–Kier alpha value is -2.28. The maximum Gasteiger partial charge on any atom is 0.254 e. The largest absolute Gasteiger partial charge is 0.385 e. The average Bonchev–Trinajstić information content (AvgIpc) is 2.85. The number of methoxy groups -OCH3 is 1. The molecule has 0 atom stereocenters. The van der Waals surface area contributed by atoms with Crippen molar-refractivity contribution in [1.29, 1.82) is 0 Å². The van der Waals surface area contributed by atoms with E-state index in [4.69, 9.17) is 4.74 Å². The Morgan fingerprint density at radius 1 is 1.41 bits per heavy atom. The van der Waals surface area contributed by atoms with E-state index in [-0.39, 0.29) is 11.6 Å². The summed E-state index contributed by atoms with van der Waals surface area (Å²) in [6.45, 7) is 2.68. The SMILES string of the molecule is COCCCNC(=O)c1cnn(-c2ccc(F)cc2F)c1C. The molecule has 2 aromatic rings. The number of aromatic nitrogens is 2. The number of carbonyl (C=O) groups excluding carboxylic acids is 1. The Labute approximate surface area is 126 Å². The van der Waals surface area contributed by atoms with Gasteiger partial charge in [-0.25, -0.2) is 13.5 Å². The molecule has 1 aromatic heterocycles. The number of hydrogen-bond acceptors (Lipinski definition) is 3. The highest BCUT2D eigenvalue weighted by atomic mass is 19.1. The van der Waals surface area contributed by atoms with Crippen molar-refractivity contribution < 1.29 is 18.3 Å². The van der Waals surface area contributed by atoms with E-state index in [9.17, 15) is 13.6 Å². The Morgan fingerprint density at radius 2 is 2.18 bits per heavy atom. The van der Waals surface area contributed by atoms with Gasteiger partial charge in [0.15, 0.2) is 5.82 Å². The number of halogens is 2. The molecule has 0 saturated heterocycles. The number of nitrogens with zero attached hydrogens (tertiary/aromatic N) is 2. The molecule has 0 spiro atoms. The van der Waals surface area contributed by atoms with Crippen LogP contribution in [0.15, 0.2) is 24.4 Å². The summed E-state index contributed by atoms with van der Waals surface area (Å²) < 4.78 is 32.9. The molecule has 1 amide bonds. The maximum atomic E-state index is 13.8. The fraction of sp³-hybridized carbons (Fsp3) is 0.333. The van der Waals surface area contributed by atoms with E-state index in [2.05, 4.69) is 10.4 Å². The van der Waals surface area contributed by atoms with Gasteiger partial charge in [0.2, 0.25) is 0 Å². The van der Waals surface area contributed by atoms with Crippen molar-refractivity contribution in [2.75, 3.05) is 20.3 Å². The van der Waals surface area contributed by atoms with Gasteiger partial charge in [0, 0.05) is 26.3 Å². The van der Waals surface area contributed by atoms with Gasteiger partial charge in [-0.05, 0) is 25.5 Å². The van der Waals surface area contributed by atoms with E-state index in [1.165, 1.54) is 16.9 Å². The molecule has 0 unspecified atom stereocenters. The van der Waals surface area contributed by atoms with Gasteiger partial charge in [0.05, 0.1) is 17.5 Å². The second-order valence-corrected chi connectivity index (χ2v) is 4.75. The zero-order valence-corrected chi connectivity index (χ0v) is 12.4. The molecule has 118 valence electrons. The van der Waals surface area contributed by atoms with Crippen LogP contribution in [-0.2, 0) is 4.74 Å². The molecule has 0 fully saturated rings. The van der Waals surface area contributed by atoms with E-state index in [1.807, 2.05) is 0 Å². The van der Waals surface area contributed by atoms with Gasteiger partial charge >= 0.3 is 0 Å². The molecule has 1 N–H and O–H groups in total. The van der Waals surface area contributed by atoms with Crippen molar-refractivity contribution in [3.63, 3.8) is 0 Å². The van der Waals surface area contributed by atoms with E-state index in [0.717, 1.165) is 12.1 Å². The summed E-state index contributed by atoms with van der Waals surface area (Å²) in [5, 5.41) is 6.75. The number of carbonyl (C=O) groups is 1. The van der Waals surface area contributed by atoms with Crippen LogP contribution in [0.25, 0.3) is 5.69 Å². The third-order valence-corrected chi connectivity index (χ3v) is 3.20. The third kappa shape index (κ3) is 3.48. The Bertz CT molecular complexity index is 671. The summed E-state index contributed by atoms with van der Waals surface area (Å²) in [6.07, 6.45) is 2.06. The van der Waals surface area contributed by atoms with Crippen molar-refractivity contribution in [2.45, 2.75) is 13.3 Å². The lowest BCUT2D eigenvalue weighted by Gasteiger charge is -2.07. The quantitative estimate of drug-likeness (QED) is 0.833. The fourth-order valence-electron chi connectivity index (χ4n) is 2.04. The van der Waals surface area contributed by atoms with Gasteiger partial charge in [0.25, 0.3) is 5.91 Å². The summed E-state index contributed by atoms with van der Waals surface area (Å²) in [7, 11) is 1.59. The molecule has 7 heteroatoms. The van der Waals surface area contributed by atoms with Crippen molar-refractivity contribution in [1.82, 2.24) is 15.1 Å². The first-order valence-corrected chi connectivity index (χ1v) is 6.81. The van der Waals surface area contributed by atoms with Gasteiger partial charge in [-0.2, -0.15) is 5.10 Å². The summed E-state index contributed by atoms with van der Waals surface area (Å²) >= 11 is 0. The minimum atomic E-state index is -0.738. The Kier molecular flexibility index (Phi) is 5.21. The number of rotatable bonds is 6. The van der Waals surface area contributed by atoms with Gasteiger partial charge in [-0.1, -0.05) is 0 Å².